The maximum absolute atomic E-state index is 13.1. The van der Waals surface area contributed by atoms with E-state index in [9.17, 15) is 26.4 Å². The molecule has 2 aromatic rings. The van der Waals surface area contributed by atoms with E-state index in [2.05, 4.69) is 15.2 Å². The number of sulfonamides is 1. The van der Waals surface area contributed by atoms with Gasteiger partial charge < -0.3 is 19.9 Å². The van der Waals surface area contributed by atoms with Gasteiger partial charge in [0.25, 0.3) is 5.91 Å². The predicted molar refractivity (Wildman–Crippen MR) is 128 cm³/mol. The number of likely N-dealkylation sites (N-methyl/N-ethyl adjacent to an activating group) is 1. The topological polar surface area (TPSA) is 118 Å². The highest BCUT2D eigenvalue weighted by Crippen LogP contribution is 2.29. The first-order valence-electron chi connectivity index (χ1n) is 11.5. The molecule has 1 amide bonds. The average Bonchev–Trinajstić information content (AvgIpc) is 2.75. The summed E-state index contributed by atoms with van der Waals surface area (Å²) in [6.07, 6.45) is -2.61. The Labute approximate surface area is 207 Å². The van der Waals surface area contributed by atoms with Crippen molar-refractivity contribution in [2.24, 2.45) is 5.14 Å². The third kappa shape index (κ3) is 6.65. The van der Waals surface area contributed by atoms with Gasteiger partial charge in [-0.1, -0.05) is 0 Å². The van der Waals surface area contributed by atoms with Gasteiger partial charge in [-0.3, -0.25) is 4.79 Å². The molecule has 0 aliphatic carbocycles. The molecule has 36 heavy (non-hydrogen) atoms. The standard InChI is InChI=1S/C23H28F3N5O4S/c1-30-8-2-3-17(11-30)28-22(32)16-9-20(15-4-6-18(7-5-15)35-14-23(24,25)26)29-21(10-16)31-12-19(13-31)36(27,33)34/h4-7,9-10,17,19H,2-3,8,11-14H2,1H3,(H,28,32)(H2,27,33,34)/t17-/m0/s1. The van der Waals surface area contributed by atoms with Gasteiger partial charge in [-0.2, -0.15) is 13.2 Å². The van der Waals surface area contributed by atoms with Crippen molar-refractivity contribution in [3.63, 3.8) is 0 Å². The van der Waals surface area contributed by atoms with E-state index in [1.54, 1.807) is 29.2 Å². The Morgan fingerprint density at radius 2 is 1.89 bits per heavy atom. The number of nitrogens with zero attached hydrogens (tertiary/aromatic N) is 3. The minimum absolute atomic E-state index is 0.00264. The van der Waals surface area contributed by atoms with Crippen LogP contribution in [0.4, 0.5) is 19.0 Å². The number of alkyl halides is 3. The largest absolute Gasteiger partial charge is 0.484 e. The zero-order valence-electron chi connectivity index (χ0n) is 19.7. The van der Waals surface area contributed by atoms with E-state index in [0.717, 1.165) is 25.9 Å². The van der Waals surface area contributed by atoms with Crippen molar-refractivity contribution in [3.8, 4) is 17.0 Å². The lowest BCUT2D eigenvalue weighted by atomic mass is 10.0. The maximum Gasteiger partial charge on any atom is 0.422 e. The maximum atomic E-state index is 13.1. The first-order valence-corrected chi connectivity index (χ1v) is 13.1. The van der Waals surface area contributed by atoms with Gasteiger partial charge in [0.2, 0.25) is 10.0 Å². The lowest BCUT2D eigenvalue weighted by Gasteiger charge is -2.38. The van der Waals surface area contributed by atoms with Gasteiger partial charge in [0.1, 0.15) is 16.8 Å². The number of amides is 1. The van der Waals surface area contributed by atoms with E-state index < -0.39 is 28.1 Å². The quantitative estimate of drug-likeness (QED) is 0.566. The zero-order valence-corrected chi connectivity index (χ0v) is 20.5. The van der Waals surface area contributed by atoms with Crippen LogP contribution in [0.5, 0.6) is 5.75 Å². The molecule has 3 N–H and O–H groups in total. The molecule has 9 nitrogen and oxygen atoms in total. The number of nitrogens with one attached hydrogen (secondary N) is 1. The summed E-state index contributed by atoms with van der Waals surface area (Å²) < 4.78 is 65.3. The third-order valence-corrected chi connectivity index (χ3v) is 7.45. The van der Waals surface area contributed by atoms with Crippen LogP contribution in [0.1, 0.15) is 23.2 Å². The van der Waals surface area contributed by atoms with Gasteiger partial charge in [0.05, 0.1) is 5.69 Å². The van der Waals surface area contributed by atoms with Crippen molar-refractivity contribution in [1.82, 2.24) is 15.2 Å². The number of benzene rings is 1. The molecule has 3 heterocycles. The van der Waals surface area contributed by atoms with Gasteiger partial charge in [-0.25, -0.2) is 18.5 Å². The van der Waals surface area contributed by atoms with E-state index >= 15 is 0 Å². The van der Waals surface area contributed by atoms with Crippen molar-refractivity contribution in [2.75, 3.05) is 44.7 Å². The number of carbonyl (C=O) groups excluding carboxylic acids is 1. The Kier molecular flexibility index (Phi) is 7.43. The van der Waals surface area contributed by atoms with E-state index in [4.69, 9.17) is 9.88 Å². The minimum Gasteiger partial charge on any atom is -0.484 e. The van der Waals surface area contributed by atoms with Crippen molar-refractivity contribution >= 4 is 21.7 Å². The van der Waals surface area contributed by atoms with Crippen molar-refractivity contribution in [1.29, 1.82) is 0 Å². The highest BCUT2D eigenvalue weighted by atomic mass is 32.2. The summed E-state index contributed by atoms with van der Waals surface area (Å²) in [6.45, 7) is 0.597. The molecule has 2 fully saturated rings. The number of nitrogens with two attached hydrogens (primary N) is 1. The molecule has 2 aliphatic heterocycles. The second kappa shape index (κ2) is 10.2. The van der Waals surface area contributed by atoms with Crippen LogP contribution >= 0.6 is 0 Å². The number of piperidine rings is 1. The summed E-state index contributed by atoms with van der Waals surface area (Å²) in [5, 5.41) is 7.57. The predicted octanol–water partition coefficient (Wildman–Crippen LogP) is 1.99. The third-order valence-electron chi connectivity index (χ3n) is 6.22. The second-order valence-electron chi connectivity index (χ2n) is 9.22. The highest BCUT2D eigenvalue weighted by molar-refractivity contribution is 7.89. The van der Waals surface area contributed by atoms with Crippen LogP contribution in [-0.2, 0) is 10.0 Å². The number of aromatic nitrogens is 1. The van der Waals surface area contributed by atoms with Crippen molar-refractivity contribution in [2.45, 2.75) is 30.3 Å². The Hall–Kier alpha value is -2.90. The number of carbonyl (C=O) groups is 1. The molecule has 2 saturated heterocycles. The molecular formula is C23H28F3N5O4S. The number of halogens is 3. The van der Waals surface area contributed by atoms with Gasteiger partial charge in [0.15, 0.2) is 6.61 Å². The van der Waals surface area contributed by atoms with Gasteiger partial charge in [-0.15, -0.1) is 0 Å². The number of hydrogen-bond acceptors (Lipinski definition) is 7. The molecule has 1 aromatic carbocycles. The first-order chi connectivity index (χ1) is 16.9. The smallest absolute Gasteiger partial charge is 0.422 e. The highest BCUT2D eigenvalue weighted by Gasteiger charge is 2.36. The molecule has 196 valence electrons. The molecule has 13 heteroatoms. The van der Waals surface area contributed by atoms with Crippen LogP contribution in [0, 0.1) is 0 Å². The number of likely N-dealkylation sites (tertiary alicyclic amines) is 1. The molecular weight excluding hydrogens is 499 g/mol. The number of pyridine rings is 1. The Morgan fingerprint density at radius 1 is 1.19 bits per heavy atom. The summed E-state index contributed by atoms with van der Waals surface area (Å²) in [6, 6.07) is 9.11. The normalized spacial score (nSPS) is 19.6. The molecule has 1 aromatic heterocycles. The zero-order chi connectivity index (χ0) is 26.1. The second-order valence-corrected chi connectivity index (χ2v) is 11.1. The van der Waals surface area contributed by atoms with Crippen LogP contribution in [0.2, 0.25) is 0 Å². The van der Waals surface area contributed by atoms with Crippen molar-refractivity contribution in [3.05, 3.63) is 42.0 Å². The summed E-state index contributed by atoms with van der Waals surface area (Å²) in [4.78, 5) is 21.6. The van der Waals surface area contributed by atoms with Crippen LogP contribution in [0.15, 0.2) is 36.4 Å². The summed E-state index contributed by atoms with van der Waals surface area (Å²) in [7, 11) is -1.69. The molecule has 2 aliphatic rings. The summed E-state index contributed by atoms with van der Waals surface area (Å²) >= 11 is 0. The fourth-order valence-electron chi connectivity index (χ4n) is 4.23. The lowest BCUT2D eigenvalue weighted by molar-refractivity contribution is -0.153. The molecule has 0 radical (unpaired) electrons. The molecule has 0 unspecified atom stereocenters. The van der Waals surface area contributed by atoms with Crippen LogP contribution < -0.4 is 20.1 Å². The van der Waals surface area contributed by atoms with Crippen molar-refractivity contribution < 1.29 is 31.1 Å². The fourth-order valence-corrected chi connectivity index (χ4v) is 5.01. The van der Waals surface area contributed by atoms with Crippen LogP contribution in [-0.4, -0.2) is 81.5 Å². The summed E-state index contributed by atoms with van der Waals surface area (Å²) in [5.74, 6) is 0.176. The molecule has 0 spiro atoms. The van der Waals surface area contributed by atoms with Gasteiger partial charge >= 0.3 is 6.18 Å². The lowest BCUT2D eigenvalue weighted by Crippen LogP contribution is -2.57. The summed E-state index contributed by atoms with van der Waals surface area (Å²) in [5.41, 5.74) is 1.32. The van der Waals surface area contributed by atoms with Gasteiger partial charge in [-0.05, 0) is 62.8 Å². The molecule has 0 saturated carbocycles. The Morgan fingerprint density at radius 3 is 2.50 bits per heavy atom. The number of ether oxygens (including phenoxy) is 1. The van der Waals surface area contributed by atoms with E-state index in [-0.39, 0.29) is 30.8 Å². The van der Waals surface area contributed by atoms with E-state index in [1.807, 2.05) is 7.05 Å². The molecule has 0 bridgehead atoms. The number of primary sulfonamides is 1. The van der Waals surface area contributed by atoms with E-state index in [1.165, 1.54) is 12.1 Å². The number of anilines is 1. The fraction of sp³-hybridized carbons (Fsp3) is 0.478. The number of hydrogen-bond donors (Lipinski definition) is 2. The monoisotopic (exact) mass is 527 g/mol. The average molecular weight is 528 g/mol. The SMILES string of the molecule is CN1CCC[C@H](NC(=O)c2cc(-c3ccc(OCC(F)(F)F)cc3)nc(N3CC(S(N)(=O)=O)C3)c2)C1. The molecule has 1 atom stereocenters. The van der Waals surface area contributed by atoms with Crippen LogP contribution in [0.25, 0.3) is 11.3 Å². The van der Waals surface area contributed by atoms with Crippen LogP contribution in [0.3, 0.4) is 0 Å². The first kappa shape index (κ1) is 26.2. The van der Waals surface area contributed by atoms with E-state index in [0.29, 0.717) is 22.6 Å². The minimum atomic E-state index is -4.45. The Balaban J connectivity index is 1.58. The van der Waals surface area contributed by atoms with Gasteiger partial charge in [0, 0.05) is 36.8 Å². The molecule has 4 rings (SSSR count). The Bertz CT molecular complexity index is 1200. The number of rotatable bonds is 7.